The smallest absolute Gasteiger partial charge is 0.254 e. The van der Waals surface area contributed by atoms with Gasteiger partial charge < -0.3 is 20.0 Å². The molecule has 1 amide bonds. The molecule has 0 saturated carbocycles. The molecule has 8 nitrogen and oxygen atoms in total. The SMILES string of the molecule is Nc1nc(N2CCN(C(=O)c3ccc(Cl)cc3)CC2)c2nc(CCc3ccc(F)cc3)oc2n1. The number of hydrogen-bond donors (Lipinski definition) is 1. The van der Waals surface area contributed by atoms with Crippen LogP contribution in [0.2, 0.25) is 5.02 Å². The molecule has 1 fully saturated rings. The number of amides is 1. The zero-order chi connectivity index (χ0) is 23.7. The summed E-state index contributed by atoms with van der Waals surface area (Å²) in [6, 6.07) is 13.2. The van der Waals surface area contributed by atoms with Crippen LogP contribution in [0.25, 0.3) is 11.2 Å². The van der Waals surface area contributed by atoms with Gasteiger partial charge >= 0.3 is 0 Å². The number of oxazole rings is 1. The minimum Gasteiger partial charge on any atom is -0.422 e. The zero-order valence-electron chi connectivity index (χ0n) is 18.2. The molecule has 34 heavy (non-hydrogen) atoms. The Kier molecular flexibility index (Phi) is 6.02. The standard InChI is InChI=1S/C24H22ClFN6O2/c25-17-6-4-16(5-7-17)23(33)32-13-11-31(12-14-32)21-20-22(30-24(27)29-21)34-19(28-20)10-3-15-1-8-18(26)9-2-15/h1-2,4-9H,3,10-14H2,(H2,27,29,30). The maximum absolute atomic E-state index is 13.1. The fraction of sp³-hybridized carbons (Fsp3) is 0.250. The Hall–Kier alpha value is -3.72. The molecule has 4 aromatic rings. The fourth-order valence-corrected chi connectivity index (χ4v) is 4.12. The van der Waals surface area contributed by atoms with E-state index in [1.54, 1.807) is 41.3 Å². The average molecular weight is 481 g/mol. The summed E-state index contributed by atoms with van der Waals surface area (Å²) >= 11 is 5.93. The van der Waals surface area contributed by atoms with Crippen molar-refractivity contribution in [2.75, 3.05) is 36.8 Å². The molecular formula is C24H22ClFN6O2. The van der Waals surface area contributed by atoms with Crippen LogP contribution >= 0.6 is 11.6 Å². The first-order valence-corrected chi connectivity index (χ1v) is 11.3. The van der Waals surface area contributed by atoms with Gasteiger partial charge in [0.25, 0.3) is 11.6 Å². The van der Waals surface area contributed by atoms with Crippen LogP contribution in [-0.4, -0.2) is 51.9 Å². The van der Waals surface area contributed by atoms with Crippen LogP contribution in [0.3, 0.4) is 0 Å². The molecule has 10 heteroatoms. The summed E-state index contributed by atoms with van der Waals surface area (Å²) in [7, 11) is 0. The van der Waals surface area contributed by atoms with Crippen molar-refractivity contribution in [2.24, 2.45) is 0 Å². The summed E-state index contributed by atoms with van der Waals surface area (Å²) in [5.41, 5.74) is 8.40. The Bertz CT molecular complexity index is 1320. The predicted octanol–water partition coefficient (Wildman–Crippen LogP) is 3.74. The van der Waals surface area contributed by atoms with Crippen LogP contribution in [0.4, 0.5) is 16.2 Å². The average Bonchev–Trinajstić information content (AvgIpc) is 3.26. The lowest BCUT2D eigenvalue weighted by molar-refractivity contribution is 0.0746. The van der Waals surface area contributed by atoms with Crippen molar-refractivity contribution in [2.45, 2.75) is 12.8 Å². The van der Waals surface area contributed by atoms with E-state index in [1.807, 2.05) is 4.90 Å². The van der Waals surface area contributed by atoms with E-state index in [0.717, 1.165) is 5.56 Å². The van der Waals surface area contributed by atoms with Gasteiger partial charge in [0, 0.05) is 43.2 Å². The first-order valence-electron chi connectivity index (χ1n) is 10.9. The lowest BCUT2D eigenvalue weighted by Crippen LogP contribution is -2.49. The Morgan fingerprint density at radius 2 is 1.68 bits per heavy atom. The summed E-state index contributed by atoms with van der Waals surface area (Å²) in [4.78, 5) is 29.9. The van der Waals surface area contributed by atoms with E-state index >= 15 is 0 Å². The summed E-state index contributed by atoms with van der Waals surface area (Å²) in [6.45, 7) is 2.20. The second-order valence-electron chi connectivity index (χ2n) is 8.08. The van der Waals surface area contributed by atoms with Gasteiger partial charge in [0.05, 0.1) is 0 Å². The normalized spacial score (nSPS) is 14.1. The lowest BCUT2D eigenvalue weighted by Gasteiger charge is -2.35. The van der Waals surface area contributed by atoms with Gasteiger partial charge in [-0.25, -0.2) is 9.37 Å². The molecule has 2 aromatic carbocycles. The van der Waals surface area contributed by atoms with Gasteiger partial charge in [-0.2, -0.15) is 9.97 Å². The largest absolute Gasteiger partial charge is 0.422 e. The maximum atomic E-state index is 13.1. The van der Waals surface area contributed by atoms with Gasteiger partial charge in [-0.15, -0.1) is 0 Å². The molecule has 174 valence electrons. The van der Waals surface area contributed by atoms with Crippen molar-refractivity contribution in [1.82, 2.24) is 19.9 Å². The van der Waals surface area contributed by atoms with Crippen molar-refractivity contribution < 1.29 is 13.6 Å². The molecule has 0 spiro atoms. The number of nitrogens with zero attached hydrogens (tertiary/aromatic N) is 5. The van der Waals surface area contributed by atoms with Crippen molar-refractivity contribution in [3.63, 3.8) is 0 Å². The number of rotatable bonds is 5. The highest BCUT2D eigenvalue weighted by Gasteiger charge is 2.26. The molecule has 0 aliphatic carbocycles. The van der Waals surface area contributed by atoms with Gasteiger partial charge in [0.2, 0.25) is 5.95 Å². The summed E-state index contributed by atoms with van der Waals surface area (Å²) in [5.74, 6) is 0.905. The number of aromatic nitrogens is 3. The molecule has 2 aromatic heterocycles. The number of hydrogen-bond acceptors (Lipinski definition) is 7. The number of benzene rings is 2. The molecule has 0 bridgehead atoms. The highest BCUT2D eigenvalue weighted by molar-refractivity contribution is 6.30. The third-order valence-electron chi connectivity index (χ3n) is 5.80. The van der Waals surface area contributed by atoms with Gasteiger partial charge in [-0.05, 0) is 48.4 Å². The summed E-state index contributed by atoms with van der Waals surface area (Å²) < 4.78 is 19.0. The van der Waals surface area contributed by atoms with E-state index in [0.29, 0.717) is 72.5 Å². The number of carbonyl (C=O) groups is 1. The monoisotopic (exact) mass is 480 g/mol. The molecule has 1 aliphatic heterocycles. The number of halogens is 2. The van der Waals surface area contributed by atoms with Crippen molar-refractivity contribution in [3.05, 3.63) is 76.4 Å². The van der Waals surface area contributed by atoms with Crippen LogP contribution < -0.4 is 10.6 Å². The Labute approximate surface area is 200 Å². The maximum Gasteiger partial charge on any atom is 0.254 e. The Morgan fingerprint density at radius 3 is 2.38 bits per heavy atom. The van der Waals surface area contributed by atoms with Crippen molar-refractivity contribution in [3.8, 4) is 0 Å². The molecular weight excluding hydrogens is 459 g/mol. The van der Waals surface area contributed by atoms with E-state index in [-0.39, 0.29) is 17.7 Å². The number of carbonyl (C=O) groups excluding carboxylic acids is 1. The van der Waals surface area contributed by atoms with E-state index in [4.69, 9.17) is 21.8 Å². The topological polar surface area (TPSA) is 101 Å². The van der Waals surface area contributed by atoms with E-state index < -0.39 is 0 Å². The van der Waals surface area contributed by atoms with Gasteiger partial charge in [-0.3, -0.25) is 4.79 Å². The molecule has 1 saturated heterocycles. The van der Waals surface area contributed by atoms with E-state index in [9.17, 15) is 9.18 Å². The first-order chi connectivity index (χ1) is 16.5. The minimum atomic E-state index is -0.268. The number of piperazine rings is 1. The fourth-order valence-electron chi connectivity index (χ4n) is 3.99. The molecule has 1 aliphatic rings. The van der Waals surface area contributed by atoms with Gasteiger partial charge in [-0.1, -0.05) is 23.7 Å². The highest BCUT2D eigenvalue weighted by atomic mass is 35.5. The predicted molar refractivity (Wildman–Crippen MR) is 127 cm³/mol. The third-order valence-corrected chi connectivity index (χ3v) is 6.05. The minimum absolute atomic E-state index is 0.0341. The van der Waals surface area contributed by atoms with E-state index in [1.165, 1.54) is 12.1 Å². The second kappa shape index (κ2) is 9.26. The van der Waals surface area contributed by atoms with E-state index in [2.05, 4.69) is 15.0 Å². The molecule has 2 N–H and O–H groups in total. The van der Waals surface area contributed by atoms with Crippen molar-refractivity contribution in [1.29, 1.82) is 0 Å². The highest BCUT2D eigenvalue weighted by Crippen LogP contribution is 2.27. The number of nitrogens with two attached hydrogens (primary N) is 1. The zero-order valence-corrected chi connectivity index (χ0v) is 19.0. The van der Waals surface area contributed by atoms with Crippen LogP contribution in [-0.2, 0) is 12.8 Å². The molecule has 0 atom stereocenters. The quantitative estimate of drug-likeness (QED) is 0.464. The second-order valence-corrected chi connectivity index (χ2v) is 8.52. The van der Waals surface area contributed by atoms with Crippen LogP contribution in [0.1, 0.15) is 21.8 Å². The van der Waals surface area contributed by atoms with Crippen LogP contribution in [0.5, 0.6) is 0 Å². The van der Waals surface area contributed by atoms with Crippen LogP contribution in [0, 0.1) is 5.82 Å². The number of fused-ring (bicyclic) bond motifs is 1. The molecule has 3 heterocycles. The number of aryl methyl sites for hydroxylation is 2. The lowest BCUT2D eigenvalue weighted by atomic mass is 10.1. The summed E-state index contributed by atoms with van der Waals surface area (Å²) in [6.07, 6.45) is 1.18. The molecule has 0 unspecified atom stereocenters. The number of nitrogen functional groups attached to an aromatic ring is 1. The first kappa shape index (κ1) is 22.1. The molecule has 5 rings (SSSR count). The molecule has 0 radical (unpaired) electrons. The van der Waals surface area contributed by atoms with Crippen molar-refractivity contribution >= 4 is 40.5 Å². The third kappa shape index (κ3) is 4.65. The van der Waals surface area contributed by atoms with Gasteiger partial charge in [0.15, 0.2) is 17.2 Å². The Balaban J connectivity index is 1.30. The van der Waals surface area contributed by atoms with Crippen LogP contribution in [0.15, 0.2) is 52.9 Å². The Morgan fingerprint density at radius 1 is 0.971 bits per heavy atom. The number of anilines is 2. The van der Waals surface area contributed by atoms with Gasteiger partial charge in [0.1, 0.15) is 5.82 Å². The summed E-state index contributed by atoms with van der Waals surface area (Å²) in [5, 5.41) is 0.594.